The van der Waals surface area contributed by atoms with E-state index in [0.29, 0.717) is 41.4 Å². The fourth-order valence-corrected chi connectivity index (χ4v) is 5.39. The molecule has 8 nitrogen and oxygen atoms in total. The van der Waals surface area contributed by atoms with Crippen LogP contribution in [-0.4, -0.2) is 55.7 Å². The molecular weight excluding hydrogens is 498 g/mol. The van der Waals surface area contributed by atoms with E-state index in [1.54, 1.807) is 12.1 Å². The number of benzene rings is 1. The summed E-state index contributed by atoms with van der Waals surface area (Å²) in [4.78, 5) is 24.3. The van der Waals surface area contributed by atoms with Gasteiger partial charge in [0, 0.05) is 39.8 Å². The van der Waals surface area contributed by atoms with E-state index in [0.717, 1.165) is 29.2 Å². The molecule has 37 heavy (non-hydrogen) atoms. The highest BCUT2D eigenvalue weighted by molar-refractivity contribution is 7.99. The van der Waals surface area contributed by atoms with Crippen LogP contribution in [0, 0.1) is 18.8 Å². The summed E-state index contributed by atoms with van der Waals surface area (Å²) in [6.45, 7) is 3.00. The molecule has 3 fully saturated rings. The van der Waals surface area contributed by atoms with Crippen LogP contribution in [0.15, 0.2) is 46.5 Å². The summed E-state index contributed by atoms with van der Waals surface area (Å²) in [6.07, 6.45) is 1.82. The topological polar surface area (TPSA) is 107 Å². The maximum Gasteiger partial charge on any atom is 0.258 e. The number of carbonyl (C=O) groups excluding carboxylic acids is 1. The van der Waals surface area contributed by atoms with Crippen molar-refractivity contribution in [2.75, 3.05) is 23.3 Å². The molecule has 2 aliphatic carbocycles. The summed E-state index contributed by atoms with van der Waals surface area (Å²) in [7, 11) is 0. The van der Waals surface area contributed by atoms with Crippen molar-refractivity contribution in [2.45, 2.75) is 61.6 Å². The van der Waals surface area contributed by atoms with Crippen LogP contribution < -0.4 is 10.2 Å². The molecule has 2 saturated carbocycles. The van der Waals surface area contributed by atoms with Gasteiger partial charge in [-0.15, -0.1) is 0 Å². The van der Waals surface area contributed by atoms with Crippen molar-refractivity contribution in [3.8, 4) is 0 Å². The van der Waals surface area contributed by atoms with E-state index in [4.69, 9.17) is 4.98 Å². The highest BCUT2D eigenvalue weighted by Crippen LogP contribution is 2.49. The summed E-state index contributed by atoms with van der Waals surface area (Å²) >= 11 is 1.36. The third-order valence-electron chi connectivity index (χ3n) is 6.97. The van der Waals surface area contributed by atoms with Gasteiger partial charge >= 0.3 is 0 Å². The third-order valence-corrected chi connectivity index (χ3v) is 7.84. The van der Waals surface area contributed by atoms with Crippen LogP contribution in [0.1, 0.15) is 42.2 Å². The summed E-state index contributed by atoms with van der Waals surface area (Å²) < 4.78 is 26.3. The predicted octanol–water partition coefficient (Wildman–Crippen LogP) is 5.50. The molecule has 2 aromatic heterocycles. The number of rotatable bonds is 9. The van der Waals surface area contributed by atoms with Gasteiger partial charge in [0.15, 0.2) is 11.0 Å². The minimum atomic E-state index is -2.83. The number of anilines is 3. The number of Topliss-reactive ketones (excluding diaryl/α,β-unsaturated/α-hetero) is 1. The van der Waals surface area contributed by atoms with Gasteiger partial charge in [0.1, 0.15) is 23.0 Å². The second-order valence-electron chi connectivity index (χ2n) is 10.1. The quantitative estimate of drug-likeness (QED) is 0.309. The number of ketones is 1. The van der Waals surface area contributed by atoms with Gasteiger partial charge in [-0.3, -0.25) is 9.89 Å². The number of aryl methyl sites for hydroxylation is 1. The fourth-order valence-electron chi connectivity index (χ4n) is 4.62. The summed E-state index contributed by atoms with van der Waals surface area (Å²) in [5.41, 5.74) is 0.989. The lowest BCUT2D eigenvalue weighted by Gasteiger charge is -2.47. The number of aliphatic hydroxyl groups is 1. The first-order valence-corrected chi connectivity index (χ1v) is 12.8. The molecule has 11 heteroatoms. The first kappa shape index (κ1) is 25.6. The Bertz CT molecular complexity index is 1320. The van der Waals surface area contributed by atoms with Crippen molar-refractivity contribution in [1.29, 1.82) is 0 Å². The summed E-state index contributed by atoms with van der Waals surface area (Å²) in [5.74, 6) is -2.05. The van der Waals surface area contributed by atoms with Gasteiger partial charge in [0.05, 0.1) is 19.0 Å². The number of nitrogens with zero attached hydrogens (tertiary/aromatic N) is 4. The Morgan fingerprint density at radius 1 is 1.22 bits per heavy atom. The molecule has 0 bridgehead atoms. The van der Waals surface area contributed by atoms with Crippen molar-refractivity contribution in [3.63, 3.8) is 0 Å². The number of carbonyl (C=O) groups is 1. The van der Waals surface area contributed by atoms with Crippen LogP contribution in [0.3, 0.4) is 0 Å². The molecule has 0 spiro atoms. The van der Waals surface area contributed by atoms with Gasteiger partial charge in [-0.2, -0.15) is 5.10 Å². The lowest BCUT2D eigenvalue weighted by molar-refractivity contribution is -0.121. The van der Waals surface area contributed by atoms with Crippen LogP contribution in [-0.2, 0) is 11.2 Å². The zero-order chi connectivity index (χ0) is 25.1. The van der Waals surface area contributed by atoms with Crippen LogP contribution in [0.5, 0.6) is 0 Å². The van der Waals surface area contributed by atoms with E-state index >= 15 is 0 Å². The number of aromatic nitrogens is 4. The third kappa shape index (κ3) is 5.47. The molecule has 1 saturated heterocycles. The number of alkyl halides is 2. The number of nitrogens with one attached hydrogen (secondary N) is 2. The maximum absolute atomic E-state index is 13.2. The molecule has 1 atom stereocenters. The van der Waals surface area contributed by atoms with Gasteiger partial charge in [-0.25, -0.2) is 18.7 Å². The Kier molecular flexibility index (Phi) is 6.47. The van der Waals surface area contributed by atoms with Crippen molar-refractivity contribution >= 4 is 35.0 Å². The van der Waals surface area contributed by atoms with Crippen LogP contribution in [0.2, 0.25) is 0 Å². The molecule has 1 aromatic carbocycles. The largest absolute Gasteiger partial charge is 0.386 e. The van der Waals surface area contributed by atoms with Gasteiger partial charge in [0.25, 0.3) is 5.92 Å². The summed E-state index contributed by atoms with van der Waals surface area (Å²) in [5, 5.41) is 21.6. The Hall–Kier alpha value is -3.05. The number of H-pyrrole nitrogens is 1. The maximum atomic E-state index is 13.2. The highest BCUT2D eigenvalue weighted by atomic mass is 32.2. The molecule has 3 N–H and O–H groups in total. The Morgan fingerprint density at radius 3 is 2.51 bits per heavy atom. The van der Waals surface area contributed by atoms with E-state index in [1.807, 2.05) is 36.1 Å². The second kappa shape index (κ2) is 9.36. The molecular formula is C26H36F2N6O2S. The van der Waals surface area contributed by atoms with Crippen molar-refractivity contribution in [2.24, 2.45) is 11.8 Å². The monoisotopic (exact) mass is 534 g/mol. The average molecular weight is 535 g/mol. The van der Waals surface area contributed by atoms with Crippen molar-refractivity contribution in [1.82, 2.24) is 20.2 Å². The zero-order valence-corrected chi connectivity index (χ0v) is 20.5. The standard InChI is InChI=1S/C25H26F2N6O2S.CH4.3H2/c1-14-8-21(32-31-14)28-20-10-22(33-12-24(35,13-33)16-4-5-16)30-23(29-20)36-17-6-2-15(3-7-17)9-19(34)18-11-25(18,26)27;;;;/h2-3,6-8,10,16,18,35H,4-5,9,11-13H2,1H3,(H2,28,29,30,31,32);1H4;3*1H. The normalized spacial score (nSPS) is 21.1. The van der Waals surface area contributed by atoms with Crippen LogP contribution in [0.4, 0.5) is 26.2 Å². The Balaban J connectivity index is 0.00000140. The van der Waals surface area contributed by atoms with Gasteiger partial charge in [-0.1, -0.05) is 19.6 Å². The molecule has 0 amide bonds. The summed E-state index contributed by atoms with van der Waals surface area (Å²) in [6, 6.07) is 11.0. The van der Waals surface area contributed by atoms with E-state index < -0.39 is 23.2 Å². The van der Waals surface area contributed by atoms with E-state index in [2.05, 4.69) is 20.5 Å². The molecule has 1 unspecified atom stereocenters. The number of β-amino-alcohol motifs (C(OH)–C–C–N with tert-alkyl or cyclic N) is 1. The predicted molar refractivity (Wildman–Crippen MR) is 144 cm³/mol. The van der Waals surface area contributed by atoms with E-state index in [1.165, 1.54) is 11.8 Å². The Morgan fingerprint density at radius 2 is 1.92 bits per heavy atom. The molecule has 3 aliphatic rings. The lowest BCUT2D eigenvalue weighted by Crippen LogP contribution is -2.63. The fraction of sp³-hybridized carbons (Fsp3) is 0.462. The number of aromatic amines is 1. The average Bonchev–Trinajstić information content (AvgIpc) is 3.72. The molecule has 6 rings (SSSR count). The first-order chi connectivity index (χ1) is 17.2. The van der Waals surface area contributed by atoms with Gasteiger partial charge in [-0.05, 0) is 55.1 Å². The smallest absolute Gasteiger partial charge is 0.258 e. The molecule has 3 heterocycles. The van der Waals surface area contributed by atoms with Crippen molar-refractivity contribution < 1.29 is 23.0 Å². The minimum absolute atomic E-state index is 0. The molecule has 202 valence electrons. The first-order valence-electron chi connectivity index (χ1n) is 12.0. The number of hydrogen-bond acceptors (Lipinski definition) is 8. The molecule has 3 aromatic rings. The Labute approximate surface area is 222 Å². The van der Waals surface area contributed by atoms with E-state index in [9.17, 15) is 18.7 Å². The van der Waals surface area contributed by atoms with E-state index in [-0.39, 0.29) is 24.5 Å². The SMILES string of the molecule is C.Cc1cc(Nc2cc(N3CC(O)(C4CC4)C3)nc(Sc3ccc(CC(=O)C4CC4(F)F)cc3)n2)n[nH]1.[HH].[HH].[HH]. The van der Waals surface area contributed by atoms with Gasteiger partial charge < -0.3 is 15.3 Å². The zero-order valence-electron chi connectivity index (χ0n) is 19.7. The lowest BCUT2D eigenvalue weighted by atomic mass is 9.89. The van der Waals surface area contributed by atoms with Crippen LogP contribution in [0.25, 0.3) is 0 Å². The highest BCUT2D eigenvalue weighted by Gasteiger charge is 2.60. The number of halogens is 2. The second-order valence-corrected chi connectivity index (χ2v) is 11.1. The molecule has 0 radical (unpaired) electrons. The minimum Gasteiger partial charge on any atom is -0.386 e. The van der Waals surface area contributed by atoms with Gasteiger partial charge in [0.2, 0.25) is 0 Å². The van der Waals surface area contributed by atoms with Crippen molar-refractivity contribution in [3.05, 3.63) is 47.7 Å². The molecule has 1 aliphatic heterocycles. The number of hydrogen-bond donors (Lipinski definition) is 3. The van der Waals surface area contributed by atoms with Crippen LogP contribution >= 0.6 is 11.8 Å².